The van der Waals surface area contributed by atoms with Gasteiger partial charge in [-0.2, -0.15) is 0 Å². The van der Waals surface area contributed by atoms with Gasteiger partial charge in [0.2, 0.25) is 0 Å². The molecule has 1 aromatic heterocycles. The molecule has 2 heterocycles. The van der Waals surface area contributed by atoms with Crippen molar-refractivity contribution in [3.63, 3.8) is 0 Å². The number of benzene rings is 3. The van der Waals surface area contributed by atoms with Crippen LogP contribution in [0.4, 0.5) is 5.69 Å². The lowest BCUT2D eigenvalue weighted by Crippen LogP contribution is -2.17. The molecule has 1 atom stereocenters. The first kappa shape index (κ1) is 14.9. The van der Waals surface area contributed by atoms with E-state index in [2.05, 4.69) is 90.3 Å². The molecule has 0 bridgehead atoms. The van der Waals surface area contributed by atoms with E-state index in [1.54, 1.807) is 0 Å². The smallest absolute Gasteiger partial charge is 0.0788 e. The van der Waals surface area contributed by atoms with E-state index in [-0.39, 0.29) is 6.04 Å². The molecule has 0 radical (unpaired) electrons. The van der Waals surface area contributed by atoms with E-state index in [0.29, 0.717) is 0 Å². The summed E-state index contributed by atoms with van der Waals surface area (Å²) in [6, 6.07) is 31.6. The third kappa shape index (κ3) is 2.56. The Bertz CT molecular complexity index is 1110. The van der Waals surface area contributed by atoms with Gasteiger partial charge in [0.05, 0.1) is 17.3 Å². The zero-order chi connectivity index (χ0) is 17.3. The molecule has 3 aromatic carbocycles. The molecule has 0 unspecified atom stereocenters. The summed E-state index contributed by atoms with van der Waals surface area (Å²) in [5.74, 6) is 0. The van der Waals surface area contributed by atoms with Crippen LogP contribution in [-0.4, -0.2) is 4.98 Å². The summed E-state index contributed by atoms with van der Waals surface area (Å²) in [5.41, 5.74) is 6.83. The fourth-order valence-electron chi connectivity index (χ4n) is 3.60. The Balaban J connectivity index is 1.70. The second-order valence-electron chi connectivity index (χ2n) is 6.56. The van der Waals surface area contributed by atoms with Gasteiger partial charge in [-0.3, -0.25) is 0 Å². The number of pyridine rings is 1. The molecule has 0 amide bonds. The molecule has 0 aliphatic carbocycles. The zero-order valence-corrected chi connectivity index (χ0v) is 14.3. The molecule has 1 aliphatic heterocycles. The third-order valence-corrected chi connectivity index (χ3v) is 4.91. The van der Waals surface area contributed by atoms with Crippen molar-refractivity contribution in [2.24, 2.45) is 0 Å². The van der Waals surface area contributed by atoms with E-state index in [1.165, 1.54) is 16.7 Å². The van der Waals surface area contributed by atoms with Gasteiger partial charge in [0.1, 0.15) is 0 Å². The molecule has 26 heavy (non-hydrogen) atoms. The number of nitrogens with zero attached hydrogens (tertiary/aromatic N) is 1. The number of nitrogens with one attached hydrogen (secondary N) is 1. The number of rotatable bonds is 2. The topological polar surface area (TPSA) is 24.9 Å². The van der Waals surface area contributed by atoms with Crippen molar-refractivity contribution < 1.29 is 0 Å². The summed E-state index contributed by atoms with van der Waals surface area (Å²) in [7, 11) is 0. The summed E-state index contributed by atoms with van der Waals surface area (Å²) < 4.78 is 0. The van der Waals surface area contributed by atoms with Crippen LogP contribution in [0.3, 0.4) is 0 Å². The predicted molar refractivity (Wildman–Crippen MR) is 109 cm³/mol. The average Bonchev–Trinajstić information content (AvgIpc) is 2.73. The molecule has 0 spiro atoms. The normalized spacial score (nSPS) is 15.8. The van der Waals surface area contributed by atoms with Crippen LogP contribution in [0, 0.1) is 0 Å². The highest BCUT2D eigenvalue weighted by atomic mass is 14.9. The standard InChI is InChI=1S/C24H18N2/c1-2-9-18(10-3-1)24-20(16-19-11-5-7-13-22(19)26-24)23-15-14-17-8-4-6-12-21(17)25-23/h1-16,24,26H/t24-/m1/s1. The minimum absolute atomic E-state index is 0.0831. The van der Waals surface area contributed by atoms with E-state index in [0.717, 1.165) is 22.3 Å². The number of anilines is 1. The number of aromatic nitrogens is 1. The Kier molecular flexibility index (Phi) is 3.53. The largest absolute Gasteiger partial charge is 0.374 e. The molecule has 5 rings (SSSR count). The van der Waals surface area contributed by atoms with Gasteiger partial charge in [0.25, 0.3) is 0 Å². The van der Waals surface area contributed by atoms with Crippen molar-refractivity contribution >= 4 is 28.2 Å². The highest BCUT2D eigenvalue weighted by Gasteiger charge is 2.24. The lowest BCUT2D eigenvalue weighted by molar-refractivity contribution is 0.989. The third-order valence-electron chi connectivity index (χ3n) is 4.91. The maximum Gasteiger partial charge on any atom is 0.0788 e. The predicted octanol–water partition coefficient (Wildman–Crippen LogP) is 5.94. The Morgan fingerprint density at radius 2 is 1.46 bits per heavy atom. The van der Waals surface area contributed by atoms with Gasteiger partial charge in [-0.25, -0.2) is 4.98 Å². The molecule has 0 fully saturated rings. The van der Waals surface area contributed by atoms with Gasteiger partial charge < -0.3 is 5.32 Å². The van der Waals surface area contributed by atoms with E-state index >= 15 is 0 Å². The molecule has 2 heteroatoms. The van der Waals surface area contributed by atoms with Crippen molar-refractivity contribution in [1.29, 1.82) is 0 Å². The average molecular weight is 334 g/mol. The first-order valence-corrected chi connectivity index (χ1v) is 8.87. The van der Waals surface area contributed by atoms with Gasteiger partial charge in [-0.05, 0) is 35.4 Å². The highest BCUT2D eigenvalue weighted by molar-refractivity contribution is 5.93. The zero-order valence-electron chi connectivity index (χ0n) is 14.3. The van der Waals surface area contributed by atoms with Crippen LogP contribution in [0.2, 0.25) is 0 Å². The molecule has 0 saturated heterocycles. The van der Waals surface area contributed by atoms with Crippen LogP contribution in [0.15, 0.2) is 91.0 Å². The van der Waals surface area contributed by atoms with E-state index < -0.39 is 0 Å². The quantitative estimate of drug-likeness (QED) is 0.490. The molecule has 1 aliphatic rings. The van der Waals surface area contributed by atoms with Crippen LogP contribution in [0.5, 0.6) is 0 Å². The van der Waals surface area contributed by atoms with Crippen LogP contribution in [0.1, 0.15) is 22.9 Å². The van der Waals surface area contributed by atoms with E-state index in [4.69, 9.17) is 4.98 Å². The number of hydrogen-bond donors (Lipinski definition) is 1. The maximum atomic E-state index is 4.94. The number of hydrogen-bond acceptors (Lipinski definition) is 2. The molecule has 1 N–H and O–H groups in total. The van der Waals surface area contributed by atoms with Gasteiger partial charge in [-0.1, -0.05) is 72.8 Å². The first-order valence-electron chi connectivity index (χ1n) is 8.87. The van der Waals surface area contributed by atoms with Crippen molar-refractivity contribution in [3.05, 3.63) is 108 Å². The molecular formula is C24H18N2. The Morgan fingerprint density at radius 1 is 0.692 bits per heavy atom. The summed E-state index contributed by atoms with van der Waals surface area (Å²) in [6.45, 7) is 0. The highest BCUT2D eigenvalue weighted by Crippen LogP contribution is 2.40. The van der Waals surface area contributed by atoms with Gasteiger partial charge in [0, 0.05) is 16.6 Å². The van der Waals surface area contributed by atoms with E-state index in [1.807, 2.05) is 12.1 Å². The number of fused-ring (bicyclic) bond motifs is 2. The van der Waals surface area contributed by atoms with Crippen LogP contribution in [-0.2, 0) is 0 Å². The Hall–Kier alpha value is -3.39. The van der Waals surface area contributed by atoms with E-state index in [9.17, 15) is 0 Å². The number of para-hydroxylation sites is 2. The maximum absolute atomic E-state index is 4.94. The second-order valence-corrected chi connectivity index (χ2v) is 6.56. The van der Waals surface area contributed by atoms with Gasteiger partial charge in [-0.15, -0.1) is 0 Å². The molecular weight excluding hydrogens is 316 g/mol. The van der Waals surface area contributed by atoms with Gasteiger partial charge in [0.15, 0.2) is 0 Å². The van der Waals surface area contributed by atoms with Crippen molar-refractivity contribution in [2.45, 2.75) is 6.04 Å². The summed E-state index contributed by atoms with van der Waals surface area (Å²) in [6.07, 6.45) is 2.26. The second kappa shape index (κ2) is 6.16. The minimum Gasteiger partial charge on any atom is -0.374 e. The van der Waals surface area contributed by atoms with Crippen molar-refractivity contribution in [3.8, 4) is 0 Å². The fourth-order valence-corrected chi connectivity index (χ4v) is 3.60. The first-order chi connectivity index (χ1) is 12.9. The van der Waals surface area contributed by atoms with Gasteiger partial charge >= 0.3 is 0 Å². The molecule has 0 saturated carbocycles. The SMILES string of the molecule is C1=C(c2ccc3ccccc3n2)[C@@H](c2ccccc2)Nc2ccccc21. The lowest BCUT2D eigenvalue weighted by atomic mass is 9.90. The van der Waals surface area contributed by atoms with Crippen LogP contribution in [0.25, 0.3) is 22.6 Å². The molecule has 4 aromatic rings. The Labute approximate surface area is 152 Å². The lowest BCUT2D eigenvalue weighted by Gasteiger charge is -2.28. The summed E-state index contributed by atoms with van der Waals surface area (Å²) in [5, 5.41) is 4.87. The molecule has 124 valence electrons. The monoisotopic (exact) mass is 334 g/mol. The van der Waals surface area contributed by atoms with Crippen LogP contribution >= 0.6 is 0 Å². The van der Waals surface area contributed by atoms with Crippen molar-refractivity contribution in [2.75, 3.05) is 5.32 Å². The fraction of sp³-hybridized carbons (Fsp3) is 0.0417. The summed E-state index contributed by atoms with van der Waals surface area (Å²) >= 11 is 0. The molecule has 2 nitrogen and oxygen atoms in total. The minimum atomic E-state index is 0.0831. The van der Waals surface area contributed by atoms with Crippen molar-refractivity contribution in [1.82, 2.24) is 4.98 Å². The summed E-state index contributed by atoms with van der Waals surface area (Å²) in [4.78, 5) is 4.94. The Morgan fingerprint density at radius 3 is 2.38 bits per heavy atom. The van der Waals surface area contributed by atoms with Crippen LogP contribution < -0.4 is 5.32 Å².